The van der Waals surface area contributed by atoms with E-state index in [9.17, 15) is 9.59 Å². The Labute approximate surface area is 138 Å². The van der Waals surface area contributed by atoms with Crippen molar-refractivity contribution in [3.05, 3.63) is 35.9 Å². The largest absolute Gasteiger partial charge is 0.459 e. The molecule has 0 spiro atoms. The minimum absolute atomic E-state index is 0.00930. The lowest BCUT2D eigenvalue weighted by atomic mass is 10.0. The van der Waals surface area contributed by atoms with Gasteiger partial charge in [-0.05, 0) is 23.8 Å². The fourth-order valence-electron chi connectivity index (χ4n) is 2.09. The number of nitrogens with two attached hydrogens (primary N) is 1. The molecule has 128 valence electrons. The van der Waals surface area contributed by atoms with Gasteiger partial charge in [-0.15, -0.1) is 0 Å². The molecule has 0 saturated carbocycles. The van der Waals surface area contributed by atoms with E-state index in [1.54, 1.807) is 0 Å². The smallest absolute Gasteiger partial charge is 0.328 e. The van der Waals surface area contributed by atoms with Gasteiger partial charge < -0.3 is 15.8 Å². The summed E-state index contributed by atoms with van der Waals surface area (Å²) in [6.45, 7) is 7.92. The van der Waals surface area contributed by atoms with Crippen LogP contribution in [0.2, 0.25) is 0 Å². The summed E-state index contributed by atoms with van der Waals surface area (Å²) in [4.78, 5) is 24.4. The third kappa shape index (κ3) is 6.82. The summed E-state index contributed by atoms with van der Waals surface area (Å²) in [7, 11) is 0. The average molecular weight is 320 g/mol. The minimum atomic E-state index is -0.670. The lowest BCUT2D eigenvalue weighted by Gasteiger charge is -2.22. The Bertz CT molecular complexity index is 500. The van der Waals surface area contributed by atoms with Crippen molar-refractivity contribution in [2.45, 2.75) is 52.8 Å². The number of carbonyl (C=O) groups is 2. The van der Waals surface area contributed by atoms with E-state index >= 15 is 0 Å². The molecule has 23 heavy (non-hydrogen) atoms. The second kappa shape index (κ2) is 9.30. The molecule has 0 saturated heterocycles. The van der Waals surface area contributed by atoms with Crippen molar-refractivity contribution >= 4 is 11.9 Å². The number of hydrogen-bond donors (Lipinski definition) is 2. The minimum Gasteiger partial charge on any atom is -0.459 e. The van der Waals surface area contributed by atoms with Crippen LogP contribution in [0, 0.1) is 11.8 Å². The van der Waals surface area contributed by atoms with E-state index in [1.165, 1.54) is 0 Å². The molecule has 0 aromatic heterocycles. The van der Waals surface area contributed by atoms with Gasteiger partial charge in [0.1, 0.15) is 12.6 Å². The lowest BCUT2D eigenvalue weighted by Crippen LogP contribution is -2.51. The first-order valence-corrected chi connectivity index (χ1v) is 8.07. The number of esters is 1. The predicted octanol–water partition coefficient (Wildman–Crippen LogP) is 2.24. The SMILES string of the molecule is CC(C)C[C@H](NC(=O)[C@H](N)C(C)C)C(=O)OCc1ccccc1. The first-order chi connectivity index (χ1) is 10.8. The summed E-state index contributed by atoms with van der Waals surface area (Å²) in [6, 6.07) is 8.15. The van der Waals surface area contributed by atoms with Crippen molar-refractivity contribution in [1.29, 1.82) is 0 Å². The second-order valence-corrected chi connectivity index (χ2v) is 6.55. The van der Waals surface area contributed by atoms with E-state index in [2.05, 4.69) is 5.32 Å². The number of carbonyl (C=O) groups excluding carboxylic acids is 2. The van der Waals surface area contributed by atoms with Gasteiger partial charge in [-0.25, -0.2) is 4.79 Å². The number of benzene rings is 1. The third-order valence-electron chi connectivity index (χ3n) is 3.55. The molecule has 0 fully saturated rings. The molecule has 0 bridgehead atoms. The molecule has 2 atom stereocenters. The fourth-order valence-corrected chi connectivity index (χ4v) is 2.09. The van der Waals surface area contributed by atoms with E-state index in [4.69, 9.17) is 10.5 Å². The van der Waals surface area contributed by atoms with Crippen LogP contribution < -0.4 is 11.1 Å². The van der Waals surface area contributed by atoms with Crippen LogP contribution in [0.3, 0.4) is 0 Å². The molecular weight excluding hydrogens is 292 g/mol. The summed E-state index contributed by atoms with van der Waals surface area (Å²) in [5.41, 5.74) is 6.75. The molecule has 0 aliphatic carbocycles. The summed E-state index contributed by atoms with van der Waals surface area (Å²) in [5, 5.41) is 2.73. The van der Waals surface area contributed by atoms with Crippen LogP contribution >= 0.6 is 0 Å². The Hall–Kier alpha value is -1.88. The van der Waals surface area contributed by atoms with Gasteiger partial charge >= 0.3 is 5.97 Å². The summed E-state index contributed by atoms with van der Waals surface area (Å²) in [6.07, 6.45) is 0.518. The monoisotopic (exact) mass is 320 g/mol. The number of rotatable bonds is 8. The highest BCUT2D eigenvalue weighted by Gasteiger charge is 2.26. The van der Waals surface area contributed by atoms with Crippen molar-refractivity contribution in [2.75, 3.05) is 0 Å². The van der Waals surface area contributed by atoms with E-state index in [0.717, 1.165) is 5.56 Å². The first kappa shape index (κ1) is 19.2. The number of amides is 1. The van der Waals surface area contributed by atoms with Gasteiger partial charge in [-0.3, -0.25) is 4.79 Å². The van der Waals surface area contributed by atoms with Crippen molar-refractivity contribution in [3.63, 3.8) is 0 Å². The van der Waals surface area contributed by atoms with Gasteiger partial charge in [0.2, 0.25) is 5.91 Å². The van der Waals surface area contributed by atoms with Crippen molar-refractivity contribution in [2.24, 2.45) is 17.6 Å². The van der Waals surface area contributed by atoms with Gasteiger partial charge in [-0.2, -0.15) is 0 Å². The maximum atomic E-state index is 12.3. The predicted molar refractivity (Wildman–Crippen MR) is 90.4 cm³/mol. The van der Waals surface area contributed by atoms with Crippen molar-refractivity contribution < 1.29 is 14.3 Å². The molecule has 0 radical (unpaired) electrons. The highest BCUT2D eigenvalue weighted by Crippen LogP contribution is 2.10. The summed E-state index contributed by atoms with van der Waals surface area (Å²) < 4.78 is 5.34. The molecule has 0 aliphatic heterocycles. The molecular formula is C18H28N2O3. The Kier molecular flexibility index (Phi) is 7.75. The molecule has 1 amide bonds. The highest BCUT2D eigenvalue weighted by atomic mass is 16.5. The topological polar surface area (TPSA) is 81.4 Å². The Morgan fingerprint density at radius 3 is 2.26 bits per heavy atom. The van der Waals surface area contributed by atoms with Gasteiger partial charge in [0.05, 0.1) is 6.04 Å². The lowest BCUT2D eigenvalue weighted by molar-refractivity contribution is -0.149. The molecule has 3 N–H and O–H groups in total. The quantitative estimate of drug-likeness (QED) is 0.720. The van der Waals surface area contributed by atoms with Gasteiger partial charge in [-0.1, -0.05) is 58.0 Å². The standard InChI is InChI=1S/C18H28N2O3/c1-12(2)10-15(20-17(21)16(19)13(3)4)18(22)23-11-14-8-6-5-7-9-14/h5-9,12-13,15-16H,10-11,19H2,1-4H3,(H,20,21)/t15-,16+/m0/s1. The molecule has 5 heteroatoms. The second-order valence-electron chi connectivity index (χ2n) is 6.55. The molecule has 1 aromatic carbocycles. The van der Waals surface area contributed by atoms with E-state index < -0.39 is 18.1 Å². The molecule has 5 nitrogen and oxygen atoms in total. The number of ether oxygens (including phenoxy) is 1. The van der Waals surface area contributed by atoms with Crippen LogP contribution in [0.4, 0.5) is 0 Å². The van der Waals surface area contributed by atoms with Gasteiger partial charge in [0.15, 0.2) is 0 Å². The summed E-state index contributed by atoms with van der Waals surface area (Å²) in [5.74, 6) is -0.482. The van der Waals surface area contributed by atoms with Crippen LogP contribution in [0.25, 0.3) is 0 Å². The maximum Gasteiger partial charge on any atom is 0.328 e. The fraction of sp³-hybridized carbons (Fsp3) is 0.556. The van der Waals surface area contributed by atoms with Crippen LogP contribution in [-0.2, 0) is 20.9 Å². The van der Waals surface area contributed by atoms with Crippen LogP contribution in [0.1, 0.15) is 39.7 Å². The van der Waals surface area contributed by atoms with Crippen molar-refractivity contribution in [1.82, 2.24) is 5.32 Å². The Morgan fingerprint density at radius 1 is 1.13 bits per heavy atom. The van der Waals surface area contributed by atoms with E-state index in [1.807, 2.05) is 58.0 Å². The summed E-state index contributed by atoms with van der Waals surface area (Å²) >= 11 is 0. The molecule has 1 rings (SSSR count). The average Bonchev–Trinajstić information content (AvgIpc) is 2.51. The van der Waals surface area contributed by atoms with Crippen molar-refractivity contribution in [3.8, 4) is 0 Å². The van der Waals surface area contributed by atoms with Crippen LogP contribution in [0.15, 0.2) is 30.3 Å². The zero-order valence-electron chi connectivity index (χ0n) is 14.4. The number of nitrogens with one attached hydrogen (secondary N) is 1. The normalized spacial score (nSPS) is 13.7. The molecule has 0 heterocycles. The van der Waals surface area contributed by atoms with Crippen LogP contribution in [-0.4, -0.2) is 24.0 Å². The highest BCUT2D eigenvalue weighted by molar-refractivity contribution is 5.87. The van der Waals surface area contributed by atoms with Crippen LogP contribution in [0.5, 0.6) is 0 Å². The zero-order valence-corrected chi connectivity index (χ0v) is 14.4. The molecule has 0 aliphatic rings. The van der Waals surface area contributed by atoms with Gasteiger partial charge in [0, 0.05) is 0 Å². The first-order valence-electron chi connectivity index (χ1n) is 8.07. The van der Waals surface area contributed by atoms with E-state index in [-0.39, 0.29) is 24.3 Å². The number of hydrogen-bond acceptors (Lipinski definition) is 4. The van der Waals surface area contributed by atoms with E-state index in [0.29, 0.717) is 6.42 Å². The maximum absolute atomic E-state index is 12.3. The molecule has 1 aromatic rings. The Balaban J connectivity index is 2.65. The zero-order chi connectivity index (χ0) is 17.4. The van der Waals surface area contributed by atoms with Gasteiger partial charge in [0.25, 0.3) is 0 Å². The third-order valence-corrected chi connectivity index (χ3v) is 3.55. The Morgan fingerprint density at radius 2 is 1.74 bits per heavy atom. The molecule has 0 unspecified atom stereocenters.